The van der Waals surface area contributed by atoms with Crippen molar-refractivity contribution in [2.45, 2.75) is 20.3 Å². The smallest absolute Gasteiger partial charge is 0.122 e. The lowest BCUT2D eigenvalue weighted by atomic mass is 10.0. The molecule has 0 N–H and O–H groups in total. The first-order valence-electron chi connectivity index (χ1n) is 6.10. The van der Waals surface area contributed by atoms with Crippen LogP contribution in [0.3, 0.4) is 0 Å². The van der Waals surface area contributed by atoms with Gasteiger partial charge in [-0.1, -0.05) is 49.4 Å². The molecule has 2 aromatic rings. The molecule has 1 heteroatoms. The summed E-state index contributed by atoms with van der Waals surface area (Å²) in [6.45, 7) is 4.98. The Balaban J connectivity index is 2.31. The summed E-state index contributed by atoms with van der Waals surface area (Å²) in [6.07, 6.45) is 1.04. The van der Waals surface area contributed by atoms with Crippen molar-refractivity contribution in [3.8, 4) is 16.9 Å². The molecule has 17 heavy (non-hydrogen) atoms. The van der Waals surface area contributed by atoms with Crippen LogP contribution >= 0.6 is 0 Å². The topological polar surface area (TPSA) is 9.23 Å². The number of aryl methyl sites for hydroxylation is 1. The van der Waals surface area contributed by atoms with E-state index in [2.05, 4.69) is 56.3 Å². The van der Waals surface area contributed by atoms with E-state index in [0.717, 1.165) is 18.8 Å². The van der Waals surface area contributed by atoms with E-state index < -0.39 is 0 Å². The van der Waals surface area contributed by atoms with Crippen LogP contribution in [0.2, 0.25) is 0 Å². The van der Waals surface area contributed by atoms with E-state index in [1.165, 1.54) is 16.7 Å². The molecule has 0 amide bonds. The molecule has 0 aromatic heterocycles. The SMILES string of the molecule is CCCOc1cc(-c2ccccc2)ccc1C. The Labute approximate surface area is 103 Å². The largest absolute Gasteiger partial charge is 0.493 e. The lowest BCUT2D eigenvalue weighted by Gasteiger charge is -2.10. The highest BCUT2D eigenvalue weighted by atomic mass is 16.5. The molecule has 0 spiro atoms. The van der Waals surface area contributed by atoms with Crippen molar-refractivity contribution < 1.29 is 4.74 Å². The number of rotatable bonds is 4. The van der Waals surface area contributed by atoms with E-state index in [4.69, 9.17) is 4.74 Å². The third kappa shape index (κ3) is 2.88. The van der Waals surface area contributed by atoms with Gasteiger partial charge in [0.1, 0.15) is 5.75 Å². The molecular weight excluding hydrogens is 208 g/mol. The van der Waals surface area contributed by atoms with Gasteiger partial charge in [-0.05, 0) is 36.1 Å². The first-order valence-corrected chi connectivity index (χ1v) is 6.10. The van der Waals surface area contributed by atoms with Gasteiger partial charge in [-0.3, -0.25) is 0 Å². The standard InChI is InChI=1S/C16H18O/c1-3-11-17-16-12-15(10-9-13(16)2)14-7-5-4-6-8-14/h4-10,12H,3,11H2,1-2H3. The average Bonchev–Trinajstić information content (AvgIpc) is 2.39. The second kappa shape index (κ2) is 5.53. The van der Waals surface area contributed by atoms with Gasteiger partial charge < -0.3 is 4.74 Å². The zero-order chi connectivity index (χ0) is 12.1. The van der Waals surface area contributed by atoms with E-state index in [1.807, 2.05) is 6.07 Å². The van der Waals surface area contributed by atoms with E-state index in [9.17, 15) is 0 Å². The summed E-state index contributed by atoms with van der Waals surface area (Å²) in [7, 11) is 0. The van der Waals surface area contributed by atoms with Crippen molar-refractivity contribution in [3.63, 3.8) is 0 Å². The van der Waals surface area contributed by atoms with Crippen LogP contribution in [0.15, 0.2) is 48.5 Å². The third-order valence-corrected chi connectivity index (χ3v) is 2.76. The van der Waals surface area contributed by atoms with E-state index >= 15 is 0 Å². The Bertz CT molecular complexity index is 474. The summed E-state index contributed by atoms with van der Waals surface area (Å²) < 4.78 is 5.75. The number of hydrogen-bond donors (Lipinski definition) is 0. The van der Waals surface area contributed by atoms with Crippen LogP contribution < -0.4 is 4.74 Å². The van der Waals surface area contributed by atoms with Crippen molar-refractivity contribution in [1.29, 1.82) is 0 Å². The average molecular weight is 226 g/mol. The van der Waals surface area contributed by atoms with Crippen LogP contribution in [0.4, 0.5) is 0 Å². The minimum absolute atomic E-state index is 0.777. The molecule has 0 unspecified atom stereocenters. The van der Waals surface area contributed by atoms with Crippen LogP contribution in [0, 0.1) is 6.92 Å². The highest BCUT2D eigenvalue weighted by Crippen LogP contribution is 2.26. The molecule has 0 fully saturated rings. The number of ether oxygens (including phenoxy) is 1. The zero-order valence-corrected chi connectivity index (χ0v) is 10.4. The van der Waals surface area contributed by atoms with Crippen LogP contribution in [0.1, 0.15) is 18.9 Å². The molecule has 0 aliphatic carbocycles. The molecule has 0 saturated heterocycles. The van der Waals surface area contributed by atoms with Crippen molar-refractivity contribution in [3.05, 3.63) is 54.1 Å². The summed E-state index contributed by atoms with van der Waals surface area (Å²) in [5.74, 6) is 0.994. The summed E-state index contributed by atoms with van der Waals surface area (Å²) in [5, 5.41) is 0. The minimum atomic E-state index is 0.777. The zero-order valence-electron chi connectivity index (χ0n) is 10.4. The number of hydrogen-bond acceptors (Lipinski definition) is 1. The fraction of sp³-hybridized carbons (Fsp3) is 0.250. The Morgan fingerprint density at radius 2 is 1.71 bits per heavy atom. The van der Waals surface area contributed by atoms with Gasteiger partial charge in [-0.15, -0.1) is 0 Å². The fourth-order valence-electron chi connectivity index (χ4n) is 1.78. The fourth-order valence-corrected chi connectivity index (χ4v) is 1.78. The molecule has 0 aliphatic heterocycles. The highest BCUT2D eigenvalue weighted by Gasteiger charge is 2.02. The van der Waals surface area contributed by atoms with Crippen molar-refractivity contribution in [2.75, 3.05) is 6.61 Å². The molecule has 0 aliphatic rings. The monoisotopic (exact) mass is 226 g/mol. The quantitative estimate of drug-likeness (QED) is 0.748. The minimum Gasteiger partial charge on any atom is -0.493 e. The Morgan fingerprint density at radius 1 is 0.941 bits per heavy atom. The van der Waals surface area contributed by atoms with Crippen molar-refractivity contribution >= 4 is 0 Å². The highest BCUT2D eigenvalue weighted by molar-refractivity contribution is 5.65. The van der Waals surface area contributed by atoms with Crippen LogP contribution in [-0.2, 0) is 0 Å². The van der Waals surface area contributed by atoms with Gasteiger partial charge in [0.2, 0.25) is 0 Å². The summed E-state index contributed by atoms with van der Waals surface area (Å²) in [5.41, 5.74) is 3.63. The molecule has 0 saturated carbocycles. The Hall–Kier alpha value is -1.76. The van der Waals surface area contributed by atoms with Gasteiger partial charge in [0.15, 0.2) is 0 Å². The molecule has 0 heterocycles. The van der Waals surface area contributed by atoms with Crippen LogP contribution in [-0.4, -0.2) is 6.61 Å². The maximum atomic E-state index is 5.75. The lowest BCUT2D eigenvalue weighted by molar-refractivity contribution is 0.315. The van der Waals surface area contributed by atoms with Gasteiger partial charge in [0, 0.05) is 0 Å². The third-order valence-electron chi connectivity index (χ3n) is 2.76. The molecule has 1 nitrogen and oxygen atoms in total. The van der Waals surface area contributed by atoms with Gasteiger partial charge >= 0.3 is 0 Å². The first-order chi connectivity index (χ1) is 8.31. The Morgan fingerprint density at radius 3 is 2.41 bits per heavy atom. The molecular formula is C16H18O. The van der Waals surface area contributed by atoms with Gasteiger partial charge in [-0.25, -0.2) is 0 Å². The molecule has 2 aromatic carbocycles. The Kier molecular flexibility index (Phi) is 3.81. The van der Waals surface area contributed by atoms with Crippen LogP contribution in [0.5, 0.6) is 5.75 Å². The summed E-state index contributed by atoms with van der Waals surface area (Å²) >= 11 is 0. The molecule has 0 atom stereocenters. The maximum absolute atomic E-state index is 5.75. The predicted molar refractivity (Wildman–Crippen MR) is 72.4 cm³/mol. The second-order valence-electron chi connectivity index (χ2n) is 4.19. The van der Waals surface area contributed by atoms with Gasteiger partial charge in [0.25, 0.3) is 0 Å². The molecule has 2 rings (SSSR count). The number of benzene rings is 2. The van der Waals surface area contributed by atoms with Gasteiger partial charge in [0.05, 0.1) is 6.61 Å². The first kappa shape index (κ1) is 11.7. The van der Waals surface area contributed by atoms with Crippen molar-refractivity contribution in [1.82, 2.24) is 0 Å². The molecule has 0 radical (unpaired) electrons. The normalized spacial score (nSPS) is 10.2. The summed E-state index contributed by atoms with van der Waals surface area (Å²) in [6, 6.07) is 16.8. The maximum Gasteiger partial charge on any atom is 0.122 e. The molecule has 88 valence electrons. The van der Waals surface area contributed by atoms with E-state index in [1.54, 1.807) is 0 Å². The van der Waals surface area contributed by atoms with E-state index in [0.29, 0.717) is 0 Å². The summed E-state index contributed by atoms with van der Waals surface area (Å²) in [4.78, 5) is 0. The van der Waals surface area contributed by atoms with Crippen molar-refractivity contribution in [2.24, 2.45) is 0 Å². The van der Waals surface area contributed by atoms with E-state index in [-0.39, 0.29) is 0 Å². The second-order valence-corrected chi connectivity index (χ2v) is 4.19. The molecule has 0 bridgehead atoms. The van der Waals surface area contributed by atoms with Gasteiger partial charge in [-0.2, -0.15) is 0 Å². The van der Waals surface area contributed by atoms with Crippen LogP contribution in [0.25, 0.3) is 11.1 Å². The lowest BCUT2D eigenvalue weighted by Crippen LogP contribution is -1.97. The predicted octanol–water partition coefficient (Wildman–Crippen LogP) is 4.45.